The van der Waals surface area contributed by atoms with E-state index >= 15 is 0 Å². The number of nitrogens with zero attached hydrogens (tertiary/aromatic N) is 1. The summed E-state index contributed by atoms with van der Waals surface area (Å²) >= 11 is 0. The lowest BCUT2D eigenvalue weighted by molar-refractivity contribution is -0.870. The molecule has 0 aliphatic heterocycles. The predicted molar refractivity (Wildman–Crippen MR) is 267 cm³/mol. The highest BCUT2D eigenvalue weighted by Gasteiger charge is 2.27. The molecule has 3 unspecified atom stereocenters. The van der Waals surface area contributed by atoms with E-state index in [9.17, 15) is 19.4 Å². The second-order valence-electron chi connectivity index (χ2n) is 18.9. The highest BCUT2D eigenvalue weighted by molar-refractivity contribution is 7.47. The normalized spacial score (nSPS) is 14.5. The van der Waals surface area contributed by atoms with Crippen LogP contribution in [0.2, 0.25) is 0 Å². The highest BCUT2D eigenvalue weighted by atomic mass is 31.2. The van der Waals surface area contributed by atoms with Crippen LogP contribution in [0.25, 0.3) is 0 Å². The number of carbonyl (C=O) groups excluding carboxylic acids is 1. The molecule has 0 radical (unpaired) electrons. The molecule has 0 saturated carbocycles. The Kier molecular flexibility index (Phi) is 43.5. The first-order valence-corrected chi connectivity index (χ1v) is 27.5. The summed E-state index contributed by atoms with van der Waals surface area (Å²) < 4.78 is 23.5. The minimum Gasteiger partial charge on any atom is -0.387 e. The van der Waals surface area contributed by atoms with Crippen molar-refractivity contribution < 1.29 is 32.9 Å². The van der Waals surface area contributed by atoms with Gasteiger partial charge in [0.25, 0.3) is 0 Å². The molecular formula is C53H102N2O6P+. The molecule has 3 atom stereocenters. The molecule has 62 heavy (non-hydrogen) atoms. The molecule has 0 saturated heterocycles. The summed E-state index contributed by atoms with van der Waals surface area (Å²) in [4.78, 5) is 23.1. The first-order valence-electron chi connectivity index (χ1n) is 26.0. The minimum absolute atomic E-state index is 0.0533. The average Bonchev–Trinajstić information content (AvgIpc) is 3.23. The van der Waals surface area contributed by atoms with E-state index in [0.29, 0.717) is 17.4 Å². The van der Waals surface area contributed by atoms with Gasteiger partial charge in [-0.15, -0.1) is 0 Å². The molecule has 0 aliphatic carbocycles. The van der Waals surface area contributed by atoms with Crippen molar-refractivity contribution in [2.45, 2.75) is 244 Å². The Bertz CT molecular complexity index is 1150. The molecular weight excluding hydrogens is 792 g/mol. The fourth-order valence-electron chi connectivity index (χ4n) is 7.37. The van der Waals surface area contributed by atoms with Crippen LogP contribution in [0.5, 0.6) is 0 Å². The SMILES string of the molecule is CCC/C=C/CC/C=C/CC/C=C/C(O)C(COP(=O)(O)OCC[N+](C)(C)C)NC(=O)CCCCCCCCCCCCCCCCCCC/C=C\CCCCCCCCCC. The number of hydrogen-bond acceptors (Lipinski definition) is 5. The number of quaternary nitrogens is 1. The summed E-state index contributed by atoms with van der Waals surface area (Å²) in [5.41, 5.74) is 0. The summed E-state index contributed by atoms with van der Waals surface area (Å²) in [6.45, 7) is 4.71. The molecule has 0 bridgehead atoms. The summed E-state index contributed by atoms with van der Waals surface area (Å²) in [6.07, 6.45) is 58.0. The molecule has 0 spiro atoms. The fourth-order valence-corrected chi connectivity index (χ4v) is 8.11. The van der Waals surface area contributed by atoms with Crippen LogP contribution in [0.3, 0.4) is 0 Å². The third kappa shape index (κ3) is 46.5. The number of likely N-dealkylation sites (N-methyl/N-ethyl adjacent to an activating group) is 1. The van der Waals surface area contributed by atoms with Gasteiger partial charge in [-0.05, 0) is 64.2 Å². The van der Waals surface area contributed by atoms with Crippen molar-refractivity contribution in [1.29, 1.82) is 0 Å². The fraction of sp³-hybridized carbons (Fsp3) is 0.830. The molecule has 1 amide bonds. The molecule has 0 rings (SSSR count). The van der Waals surface area contributed by atoms with Gasteiger partial charge in [0.1, 0.15) is 13.2 Å². The Labute approximate surface area is 384 Å². The Morgan fingerprint density at radius 2 is 0.919 bits per heavy atom. The average molecular weight is 894 g/mol. The van der Waals surface area contributed by atoms with Crippen LogP contribution in [-0.4, -0.2) is 73.4 Å². The van der Waals surface area contributed by atoms with Gasteiger partial charge < -0.3 is 19.8 Å². The number of hydrogen-bond donors (Lipinski definition) is 3. The number of aliphatic hydroxyl groups is 1. The molecule has 3 N–H and O–H groups in total. The molecule has 0 aliphatic rings. The van der Waals surface area contributed by atoms with Gasteiger partial charge in [0.15, 0.2) is 0 Å². The van der Waals surface area contributed by atoms with Gasteiger partial charge in [-0.3, -0.25) is 13.8 Å². The van der Waals surface area contributed by atoms with E-state index in [4.69, 9.17) is 9.05 Å². The Morgan fingerprint density at radius 1 is 0.532 bits per heavy atom. The van der Waals surface area contributed by atoms with Crippen LogP contribution in [0.4, 0.5) is 0 Å². The van der Waals surface area contributed by atoms with Crippen LogP contribution in [0.1, 0.15) is 232 Å². The third-order valence-electron chi connectivity index (χ3n) is 11.5. The zero-order valence-electron chi connectivity index (χ0n) is 41.4. The van der Waals surface area contributed by atoms with E-state index in [1.807, 2.05) is 27.2 Å². The number of nitrogens with one attached hydrogen (secondary N) is 1. The maximum Gasteiger partial charge on any atom is 0.472 e. The third-order valence-corrected chi connectivity index (χ3v) is 12.5. The highest BCUT2D eigenvalue weighted by Crippen LogP contribution is 2.43. The summed E-state index contributed by atoms with van der Waals surface area (Å²) in [5.74, 6) is -0.191. The Balaban J connectivity index is 4.08. The molecule has 0 heterocycles. The van der Waals surface area contributed by atoms with E-state index in [1.165, 1.54) is 161 Å². The second kappa shape index (κ2) is 44.7. The molecule has 364 valence electrons. The molecule has 9 heteroatoms. The lowest BCUT2D eigenvalue weighted by atomic mass is 10.0. The van der Waals surface area contributed by atoms with Gasteiger partial charge in [0, 0.05) is 6.42 Å². The van der Waals surface area contributed by atoms with E-state index in [-0.39, 0.29) is 19.1 Å². The largest absolute Gasteiger partial charge is 0.472 e. The maximum absolute atomic E-state index is 12.9. The van der Waals surface area contributed by atoms with Gasteiger partial charge in [-0.25, -0.2) is 4.57 Å². The molecule has 0 fully saturated rings. The van der Waals surface area contributed by atoms with Crippen LogP contribution >= 0.6 is 7.82 Å². The molecule has 8 nitrogen and oxygen atoms in total. The Morgan fingerprint density at radius 3 is 1.35 bits per heavy atom. The molecule has 0 aromatic heterocycles. The molecule has 0 aromatic rings. The zero-order chi connectivity index (χ0) is 45.7. The lowest BCUT2D eigenvalue weighted by Crippen LogP contribution is -2.45. The number of amides is 1. The van der Waals surface area contributed by atoms with E-state index in [1.54, 1.807) is 6.08 Å². The predicted octanol–water partition coefficient (Wildman–Crippen LogP) is 15.2. The van der Waals surface area contributed by atoms with Crippen LogP contribution in [0.15, 0.2) is 48.6 Å². The topological polar surface area (TPSA) is 105 Å². The van der Waals surface area contributed by atoms with E-state index in [2.05, 4.69) is 55.6 Å². The first kappa shape index (κ1) is 60.5. The zero-order valence-corrected chi connectivity index (χ0v) is 42.3. The number of carbonyl (C=O) groups is 1. The first-order chi connectivity index (χ1) is 30.0. The van der Waals surface area contributed by atoms with Crippen LogP contribution in [0, 0.1) is 0 Å². The van der Waals surface area contributed by atoms with Crippen molar-refractivity contribution in [3.8, 4) is 0 Å². The van der Waals surface area contributed by atoms with Gasteiger partial charge in [0.05, 0.1) is 39.9 Å². The second-order valence-corrected chi connectivity index (χ2v) is 20.3. The van der Waals surface area contributed by atoms with Crippen molar-refractivity contribution in [3.05, 3.63) is 48.6 Å². The maximum atomic E-state index is 12.9. The van der Waals surface area contributed by atoms with Crippen molar-refractivity contribution >= 4 is 13.7 Å². The van der Waals surface area contributed by atoms with Gasteiger partial charge in [0.2, 0.25) is 5.91 Å². The number of phosphoric ester groups is 1. The van der Waals surface area contributed by atoms with Crippen molar-refractivity contribution in [3.63, 3.8) is 0 Å². The van der Waals surface area contributed by atoms with E-state index in [0.717, 1.165) is 51.4 Å². The van der Waals surface area contributed by atoms with Crippen LogP contribution in [-0.2, 0) is 18.4 Å². The van der Waals surface area contributed by atoms with Gasteiger partial charge in [-0.2, -0.15) is 0 Å². The van der Waals surface area contributed by atoms with Gasteiger partial charge in [-0.1, -0.05) is 210 Å². The summed E-state index contributed by atoms with van der Waals surface area (Å²) in [7, 11) is 1.55. The number of phosphoric acid groups is 1. The van der Waals surface area contributed by atoms with Crippen molar-refractivity contribution in [1.82, 2.24) is 5.32 Å². The number of aliphatic hydroxyl groups excluding tert-OH is 1. The minimum atomic E-state index is -4.35. The Hall–Kier alpha value is -1.54. The molecule has 0 aromatic carbocycles. The quantitative estimate of drug-likeness (QED) is 0.0243. The number of unbranched alkanes of at least 4 members (excludes halogenated alkanes) is 28. The van der Waals surface area contributed by atoms with Crippen LogP contribution < -0.4 is 5.32 Å². The van der Waals surface area contributed by atoms with Crippen molar-refractivity contribution in [2.24, 2.45) is 0 Å². The lowest BCUT2D eigenvalue weighted by Gasteiger charge is -2.25. The summed E-state index contributed by atoms with van der Waals surface area (Å²) in [6, 6.07) is -0.867. The summed E-state index contributed by atoms with van der Waals surface area (Å²) in [5, 5.41) is 13.8. The van der Waals surface area contributed by atoms with E-state index < -0.39 is 20.0 Å². The van der Waals surface area contributed by atoms with Gasteiger partial charge >= 0.3 is 7.82 Å². The number of rotatable bonds is 47. The smallest absolute Gasteiger partial charge is 0.387 e. The van der Waals surface area contributed by atoms with Crippen molar-refractivity contribution in [2.75, 3.05) is 40.9 Å². The standard InChI is InChI=1S/C53H101N2O6P/c1-6-8-10-12-14-16-18-19-20-21-22-23-24-25-26-27-28-29-30-31-32-33-34-35-37-39-41-43-45-47-53(57)54-51(50-61-62(58,59)60-49-48-55(3,4)5)52(56)46-44-42-40-38-36-17-15-13-11-9-7-2/h11,13,21-22,36,38,44,46,51-52,56H,6-10,12,14-20,23-35,37,39-43,45,47-50H2,1-5H3,(H-,54,57,58,59)/p+1/b13-11+,22-21-,38-36+,46-44+. The number of allylic oxidation sites excluding steroid dienone is 7. The monoisotopic (exact) mass is 894 g/mol.